The van der Waals surface area contributed by atoms with Gasteiger partial charge in [-0.1, -0.05) is 49.7 Å². The maximum absolute atomic E-state index is 4.12. The molecule has 0 bridgehead atoms. The Morgan fingerprint density at radius 3 is 2.75 bits per heavy atom. The summed E-state index contributed by atoms with van der Waals surface area (Å²) in [6.07, 6.45) is 4.14. The van der Waals surface area contributed by atoms with Crippen molar-refractivity contribution in [1.82, 2.24) is 10.2 Å². The number of nitrogens with zero attached hydrogens (tertiary/aromatic N) is 1. The molecule has 0 fully saturated rings. The van der Waals surface area contributed by atoms with Gasteiger partial charge in [0.05, 0.1) is 17.8 Å². The van der Waals surface area contributed by atoms with Gasteiger partial charge in [0, 0.05) is 11.1 Å². The maximum Gasteiger partial charge on any atom is 0.0671 e. The normalized spacial score (nSPS) is 12.4. The van der Waals surface area contributed by atoms with Crippen LogP contribution in [-0.2, 0) is 0 Å². The van der Waals surface area contributed by atoms with Crippen molar-refractivity contribution < 1.29 is 0 Å². The fourth-order valence-electron chi connectivity index (χ4n) is 2.58. The minimum absolute atomic E-state index is 0.335. The molecule has 3 aromatic rings. The molecule has 0 saturated heterocycles. The topological polar surface area (TPSA) is 40.7 Å². The zero-order valence-electron chi connectivity index (χ0n) is 11.6. The standard InChI is InChI=1S/C17H19N3/c1-2-7-15(13-8-4-3-5-9-13)19-16-10-6-11-17-14(16)12-18-20-17/h3-6,8-12,15,19H,2,7H2,1H3,(H,18,20). The van der Waals surface area contributed by atoms with Crippen molar-refractivity contribution in [2.75, 3.05) is 5.32 Å². The third-order valence-electron chi connectivity index (χ3n) is 3.59. The molecule has 3 rings (SSSR count). The van der Waals surface area contributed by atoms with E-state index in [4.69, 9.17) is 0 Å². The highest BCUT2D eigenvalue weighted by atomic mass is 15.1. The van der Waals surface area contributed by atoms with E-state index in [1.165, 1.54) is 5.56 Å². The summed E-state index contributed by atoms with van der Waals surface area (Å²) in [6.45, 7) is 2.22. The number of rotatable bonds is 5. The molecule has 0 spiro atoms. The molecule has 3 heteroatoms. The van der Waals surface area contributed by atoms with Crippen LogP contribution in [0.25, 0.3) is 10.9 Å². The summed E-state index contributed by atoms with van der Waals surface area (Å²) >= 11 is 0. The van der Waals surface area contributed by atoms with Gasteiger partial charge >= 0.3 is 0 Å². The Hall–Kier alpha value is -2.29. The molecule has 1 unspecified atom stereocenters. The van der Waals surface area contributed by atoms with Gasteiger partial charge in [-0.3, -0.25) is 5.10 Å². The number of nitrogens with one attached hydrogen (secondary N) is 2. The van der Waals surface area contributed by atoms with Crippen molar-refractivity contribution in [3.8, 4) is 0 Å². The number of anilines is 1. The molecule has 0 aliphatic carbocycles. The second kappa shape index (κ2) is 5.78. The summed E-state index contributed by atoms with van der Waals surface area (Å²) in [6, 6.07) is 17.2. The van der Waals surface area contributed by atoms with Crippen LogP contribution in [0, 0.1) is 0 Å². The zero-order valence-corrected chi connectivity index (χ0v) is 11.6. The van der Waals surface area contributed by atoms with E-state index in [0.29, 0.717) is 6.04 Å². The third-order valence-corrected chi connectivity index (χ3v) is 3.59. The quantitative estimate of drug-likeness (QED) is 0.712. The van der Waals surface area contributed by atoms with Gasteiger partial charge in [0.1, 0.15) is 0 Å². The lowest BCUT2D eigenvalue weighted by Crippen LogP contribution is -2.10. The molecule has 1 heterocycles. The molecule has 0 radical (unpaired) electrons. The van der Waals surface area contributed by atoms with Gasteiger partial charge in [-0.25, -0.2) is 0 Å². The van der Waals surface area contributed by atoms with E-state index in [-0.39, 0.29) is 0 Å². The Bertz CT molecular complexity index is 673. The number of aromatic nitrogens is 2. The van der Waals surface area contributed by atoms with E-state index >= 15 is 0 Å². The second-order valence-corrected chi connectivity index (χ2v) is 5.03. The average Bonchev–Trinajstić information content (AvgIpc) is 2.97. The molecule has 0 aliphatic rings. The molecular formula is C17H19N3. The molecule has 2 aromatic carbocycles. The minimum Gasteiger partial charge on any atom is -0.378 e. The van der Waals surface area contributed by atoms with Crippen molar-refractivity contribution in [3.63, 3.8) is 0 Å². The maximum atomic E-state index is 4.12. The highest BCUT2D eigenvalue weighted by Crippen LogP contribution is 2.28. The number of H-pyrrole nitrogens is 1. The monoisotopic (exact) mass is 265 g/mol. The molecular weight excluding hydrogens is 246 g/mol. The van der Waals surface area contributed by atoms with Gasteiger partial charge < -0.3 is 5.32 Å². The van der Waals surface area contributed by atoms with Gasteiger partial charge in [-0.05, 0) is 24.1 Å². The SMILES string of the molecule is CCCC(Nc1cccc2[nH]ncc12)c1ccccc1. The van der Waals surface area contributed by atoms with Crippen molar-refractivity contribution >= 4 is 16.6 Å². The summed E-state index contributed by atoms with van der Waals surface area (Å²) in [7, 11) is 0. The molecule has 0 saturated carbocycles. The van der Waals surface area contributed by atoms with Crippen LogP contribution in [0.15, 0.2) is 54.7 Å². The van der Waals surface area contributed by atoms with E-state index in [9.17, 15) is 0 Å². The Balaban J connectivity index is 1.92. The van der Waals surface area contributed by atoms with Gasteiger partial charge in [0.2, 0.25) is 0 Å². The first-order chi connectivity index (χ1) is 9.88. The lowest BCUT2D eigenvalue weighted by atomic mass is 10.0. The first-order valence-electron chi connectivity index (χ1n) is 7.12. The van der Waals surface area contributed by atoms with Gasteiger partial charge in [0.15, 0.2) is 0 Å². The summed E-state index contributed by atoms with van der Waals surface area (Å²) in [4.78, 5) is 0. The Kier molecular flexibility index (Phi) is 3.68. The van der Waals surface area contributed by atoms with Crippen molar-refractivity contribution in [2.24, 2.45) is 0 Å². The third kappa shape index (κ3) is 2.52. The van der Waals surface area contributed by atoms with Crippen LogP contribution in [-0.4, -0.2) is 10.2 Å². The number of aromatic amines is 1. The molecule has 102 valence electrons. The smallest absolute Gasteiger partial charge is 0.0671 e. The Morgan fingerprint density at radius 2 is 1.95 bits per heavy atom. The van der Waals surface area contributed by atoms with Crippen LogP contribution < -0.4 is 5.32 Å². The number of hydrogen-bond acceptors (Lipinski definition) is 2. The minimum atomic E-state index is 0.335. The Labute approximate surface area is 119 Å². The molecule has 0 aliphatic heterocycles. The Morgan fingerprint density at radius 1 is 1.10 bits per heavy atom. The summed E-state index contributed by atoms with van der Waals surface area (Å²) < 4.78 is 0. The molecule has 20 heavy (non-hydrogen) atoms. The van der Waals surface area contributed by atoms with Crippen molar-refractivity contribution in [3.05, 3.63) is 60.3 Å². The fourth-order valence-corrected chi connectivity index (χ4v) is 2.58. The highest BCUT2D eigenvalue weighted by molar-refractivity contribution is 5.91. The van der Waals surface area contributed by atoms with Crippen LogP contribution in [0.4, 0.5) is 5.69 Å². The molecule has 0 amide bonds. The molecule has 2 N–H and O–H groups in total. The van der Waals surface area contributed by atoms with Crippen LogP contribution >= 0.6 is 0 Å². The van der Waals surface area contributed by atoms with E-state index in [0.717, 1.165) is 29.4 Å². The fraction of sp³-hybridized carbons (Fsp3) is 0.235. The van der Waals surface area contributed by atoms with Gasteiger partial charge in [-0.15, -0.1) is 0 Å². The largest absolute Gasteiger partial charge is 0.378 e. The number of hydrogen-bond donors (Lipinski definition) is 2. The van der Waals surface area contributed by atoms with E-state index in [2.05, 4.69) is 64.9 Å². The van der Waals surface area contributed by atoms with Crippen LogP contribution in [0.2, 0.25) is 0 Å². The van der Waals surface area contributed by atoms with Crippen LogP contribution in [0.1, 0.15) is 31.4 Å². The average molecular weight is 265 g/mol. The van der Waals surface area contributed by atoms with Crippen LogP contribution in [0.5, 0.6) is 0 Å². The van der Waals surface area contributed by atoms with Crippen LogP contribution in [0.3, 0.4) is 0 Å². The summed E-state index contributed by atoms with van der Waals surface area (Å²) in [5.74, 6) is 0. The molecule has 1 aromatic heterocycles. The van der Waals surface area contributed by atoms with E-state index in [1.54, 1.807) is 0 Å². The predicted molar refractivity (Wildman–Crippen MR) is 83.8 cm³/mol. The lowest BCUT2D eigenvalue weighted by molar-refractivity contribution is 0.678. The van der Waals surface area contributed by atoms with Gasteiger partial charge in [-0.2, -0.15) is 5.10 Å². The summed E-state index contributed by atoms with van der Waals surface area (Å²) in [5.41, 5.74) is 3.53. The molecule has 3 nitrogen and oxygen atoms in total. The molecule has 1 atom stereocenters. The number of fused-ring (bicyclic) bond motifs is 1. The van der Waals surface area contributed by atoms with E-state index < -0.39 is 0 Å². The zero-order chi connectivity index (χ0) is 13.8. The predicted octanol–water partition coefficient (Wildman–Crippen LogP) is 4.52. The van der Waals surface area contributed by atoms with Crippen molar-refractivity contribution in [2.45, 2.75) is 25.8 Å². The second-order valence-electron chi connectivity index (χ2n) is 5.03. The first kappa shape index (κ1) is 12.7. The van der Waals surface area contributed by atoms with Crippen molar-refractivity contribution in [1.29, 1.82) is 0 Å². The number of benzene rings is 2. The summed E-state index contributed by atoms with van der Waals surface area (Å²) in [5, 5.41) is 11.9. The van der Waals surface area contributed by atoms with Gasteiger partial charge in [0.25, 0.3) is 0 Å². The highest BCUT2D eigenvalue weighted by Gasteiger charge is 2.12. The first-order valence-corrected chi connectivity index (χ1v) is 7.12. The van der Waals surface area contributed by atoms with E-state index in [1.807, 2.05) is 12.3 Å². The lowest BCUT2D eigenvalue weighted by Gasteiger charge is -2.20.